The van der Waals surface area contributed by atoms with Gasteiger partial charge < -0.3 is 10.0 Å². The van der Waals surface area contributed by atoms with E-state index in [0.29, 0.717) is 6.54 Å². The smallest absolute Gasteiger partial charge is 0.246 e. The third-order valence-electron chi connectivity index (χ3n) is 3.29. The number of halogens is 1. The quantitative estimate of drug-likeness (QED) is 0.899. The molecular weight excluding hydrogens is 296 g/mol. The number of aliphatic hydroxyl groups excluding tert-OH is 1. The second kappa shape index (κ2) is 5.82. The van der Waals surface area contributed by atoms with Crippen LogP contribution in [0.2, 0.25) is 0 Å². The first-order chi connectivity index (χ1) is 8.63. The SMILES string of the molecule is CN1CCCN(c2ccc(Br)cc2)C(=O)C1CO. The molecule has 1 atom stereocenters. The number of carbonyl (C=O) groups is 1. The van der Waals surface area contributed by atoms with Crippen LogP contribution in [0.1, 0.15) is 6.42 Å². The first-order valence-corrected chi connectivity index (χ1v) is 6.81. The number of hydrogen-bond acceptors (Lipinski definition) is 3. The molecule has 18 heavy (non-hydrogen) atoms. The van der Waals surface area contributed by atoms with Crippen LogP contribution in [0, 0.1) is 0 Å². The van der Waals surface area contributed by atoms with Crippen LogP contribution >= 0.6 is 15.9 Å². The van der Waals surface area contributed by atoms with Crippen LogP contribution in [0.25, 0.3) is 0 Å². The molecule has 1 N–H and O–H groups in total. The van der Waals surface area contributed by atoms with Gasteiger partial charge in [-0.3, -0.25) is 9.69 Å². The molecule has 1 aromatic rings. The lowest BCUT2D eigenvalue weighted by Crippen LogP contribution is -2.46. The summed E-state index contributed by atoms with van der Waals surface area (Å²) < 4.78 is 0.990. The summed E-state index contributed by atoms with van der Waals surface area (Å²) in [6, 6.07) is 7.25. The predicted octanol–water partition coefficient (Wildman–Crippen LogP) is 1.48. The fourth-order valence-electron chi connectivity index (χ4n) is 2.21. The Morgan fingerprint density at radius 3 is 2.61 bits per heavy atom. The Hall–Kier alpha value is -0.910. The number of aliphatic hydroxyl groups is 1. The van der Waals surface area contributed by atoms with Gasteiger partial charge in [-0.25, -0.2) is 0 Å². The van der Waals surface area contributed by atoms with E-state index in [1.54, 1.807) is 4.90 Å². The van der Waals surface area contributed by atoms with E-state index in [-0.39, 0.29) is 12.5 Å². The molecule has 4 nitrogen and oxygen atoms in total. The third-order valence-corrected chi connectivity index (χ3v) is 3.82. The Morgan fingerprint density at radius 2 is 2.00 bits per heavy atom. The Bertz CT molecular complexity index is 422. The molecule has 98 valence electrons. The summed E-state index contributed by atoms with van der Waals surface area (Å²) in [4.78, 5) is 16.1. The fourth-order valence-corrected chi connectivity index (χ4v) is 2.47. The van der Waals surface area contributed by atoms with Gasteiger partial charge in [-0.05, 0) is 37.7 Å². The van der Waals surface area contributed by atoms with Gasteiger partial charge in [0, 0.05) is 23.2 Å². The van der Waals surface area contributed by atoms with Crippen LogP contribution in [-0.2, 0) is 4.79 Å². The van der Waals surface area contributed by atoms with Gasteiger partial charge in [-0.15, -0.1) is 0 Å². The average molecular weight is 313 g/mol. The molecule has 1 aliphatic heterocycles. The molecule has 5 heteroatoms. The van der Waals surface area contributed by atoms with Crippen LogP contribution < -0.4 is 4.90 Å². The summed E-state index contributed by atoms with van der Waals surface area (Å²) in [6.45, 7) is 1.38. The largest absolute Gasteiger partial charge is 0.394 e. The van der Waals surface area contributed by atoms with E-state index in [1.807, 2.05) is 36.2 Å². The number of carbonyl (C=O) groups excluding carboxylic acids is 1. The normalized spacial score (nSPS) is 22.1. The van der Waals surface area contributed by atoms with Gasteiger partial charge in [-0.2, -0.15) is 0 Å². The second-order valence-corrected chi connectivity index (χ2v) is 5.41. The maximum Gasteiger partial charge on any atom is 0.246 e. The first-order valence-electron chi connectivity index (χ1n) is 6.01. The first kappa shape index (κ1) is 13.5. The number of likely N-dealkylation sites (N-methyl/N-ethyl adjacent to an activating group) is 1. The lowest BCUT2D eigenvalue weighted by Gasteiger charge is -2.26. The van der Waals surface area contributed by atoms with Crippen LogP contribution in [0.5, 0.6) is 0 Å². The maximum atomic E-state index is 12.4. The van der Waals surface area contributed by atoms with E-state index in [4.69, 9.17) is 0 Å². The van der Waals surface area contributed by atoms with Gasteiger partial charge in [0.2, 0.25) is 5.91 Å². The highest BCUT2D eigenvalue weighted by atomic mass is 79.9. The van der Waals surface area contributed by atoms with Crippen molar-refractivity contribution in [1.29, 1.82) is 0 Å². The Kier molecular flexibility index (Phi) is 4.37. The Labute approximate surface area is 115 Å². The van der Waals surface area contributed by atoms with Crippen LogP contribution in [0.4, 0.5) is 5.69 Å². The molecule has 1 amide bonds. The molecule has 1 fully saturated rings. The lowest BCUT2D eigenvalue weighted by atomic mass is 10.2. The van der Waals surface area contributed by atoms with Crippen molar-refractivity contribution in [2.24, 2.45) is 0 Å². The average Bonchev–Trinajstić information content (AvgIpc) is 2.49. The lowest BCUT2D eigenvalue weighted by molar-refractivity contribution is -0.123. The minimum atomic E-state index is -0.434. The zero-order chi connectivity index (χ0) is 13.1. The van der Waals surface area contributed by atoms with Gasteiger partial charge in [0.1, 0.15) is 6.04 Å². The standard InChI is InChI=1S/C13H17BrN2O2/c1-15-7-2-8-16(13(18)12(15)9-17)11-5-3-10(14)4-6-11/h3-6,12,17H,2,7-9H2,1H3. The van der Waals surface area contributed by atoms with E-state index in [2.05, 4.69) is 15.9 Å². The molecule has 1 aromatic carbocycles. The van der Waals surface area contributed by atoms with Gasteiger partial charge in [0.15, 0.2) is 0 Å². The Balaban J connectivity index is 2.26. The summed E-state index contributed by atoms with van der Waals surface area (Å²) in [7, 11) is 1.88. The number of benzene rings is 1. The van der Waals surface area contributed by atoms with E-state index in [9.17, 15) is 9.90 Å². The van der Waals surface area contributed by atoms with Gasteiger partial charge in [0.05, 0.1) is 6.61 Å². The molecule has 1 unspecified atom stereocenters. The minimum Gasteiger partial charge on any atom is -0.394 e. The van der Waals surface area contributed by atoms with Crippen molar-refractivity contribution in [3.05, 3.63) is 28.7 Å². The molecule has 0 saturated carbocycles. The van der Waals surface area contributed by atoms with Gasteiger partial charge >= 0.3 is 0 Å². The molecule has 1 heterocycles. The van der Waals surface area contributed by atoms with Crippen molar-refractivity contribution in [3.8, 4) is 0 Å². The van der Waals surface area contributed by atoms with Crippen molar-refractivity contribution >= 4 is 27.5 Å². The number of hydrogen-bond donors (Lipinski definition) is 1. The predicted molar refractivity (Wildman–Crippen MR) is 74.6 cm³/mol. The zero-order valence-corrected chi connectivity index (χ0v) is 11.9. The number of amides is 1. The van der Waals surface area contributed by atoms with E-state index in [1.165, 1.54) is 0 Å². The topological polar surface area (TPSA) is 43.8 Å². The molecular formula is C13H17BrN2O2. The van der Waals surface area contributed by atoms with Crippen LogP contribution in [0.3, 0.4) is 0 Å². The zero-order valence-electron chi connectivity index (χ0n) is 10.3. The van der Waals surface area contributed by atoms with Gasteiger partial charge in [0.25, 0.3) is 0 Å². The number of rotatable bonds is 2. The highest BCUT2D eigenvalue weighted by molar-refractivity contribution is 9.10. The van der Waals surface area contributed by atoms with Crippen molar-refractivity contribution in [1.82, 2.24) is 4.90 Å². The van der Waals surface area contributed by atoms with Crippen molar-refractivity contribution in [2.45, 2.75) is 12.5 Å². The molecule has 1 aliphatic rings. The monoisotopic (exact) mass is 312 g/mol. The molecule has 1 saturated heterocycles. The molecule has 0 aliphatic carbocycles. The Morgan fingerprint density at radius 1 is 1.33 bits per heavy atom. The van der Waals surface area contributed by atoms with Crippen molar-refractivity contribution in [2.75, 3.05) is 31.6 Å². The van der Waals surface area contributed by atoms with Gasteiger partial charge in [-0.1, -0.05) is 15.9 Å². The van der Waals surface area contributed by atoms with Crippen LogP contribution in [-0.4, -0.2) is 48.7 Å². The summed E-state index contributed by atoms with van der Waals surface area (Å²) in [5.74, 6) is -0.0279. The molecule has 0 radical (unpaired) electrons. The number of anilines is 1. The highest BCUT2D eigenvalue weighted by Crippen LogP contribution is 2.21. The summed E-state index contributed by atoms with van der Waals surface area (Å²) in [5.41, 5.74) is 0.886. The summed E-state index contributed by atoms with van der Waals surface area (Å²) in [6.07, 6.45) is 0.912. The maximum absolute atomic E-state index is 12.4. The summed E-state index contributed by atoms with van der Waals surface area (Å²) >= 11 is 3.38. The van der Waals surface area contributed by atoms with E-state index in [0.717, 1.165) is 23.1 Å². The molecule has 0 bridgehead atoms. The fraction of sp³-hybridized carbons (Fsp3) is 0.462. The van der Waals surface area contributed by atoms with Crippen molar-refractivity contribution < 1.29 is 9.90 Å². The molecule has 0 spiro atoms. The highest BCUT2D eigenvalue weighted by Gasteiger charge is 2.30. The van der Waals surface area contributed by atoms with E-state index >= 15 is 0 Å². The molecule has 2 rings (SSSR count). The summed E-state index contributed by atoms with van der Waals surface area (Å²) in [5, 5.41) is 9.37. The minimum absolute atomic E-state index is 0.0279. The van der Waals surface area contributed by atoms with E-state index < -0.39 is 6.04 Å². The molecule has 0 aromatic heterocycles. The second-order valence-electron chi connectivity index (χ2n) is 4.50. The number of nitrogens with zero attached hydrogens (tertiary/aromatic N) is 2. The van der Waals surface area contributed by atoms with Crippen LogP contribution in [0.15, 0.2) is 28.7 Å². The van der Waals surface area contributed by atoms with Crippen molar-refractivity contribution in [3.63, 3.8) is 0 Å². The third kappa shape index (κ3) is 2.74.